The number of nitrogens with zero attached hydrogens (tertiary/aromatic N) is 5. The fourth-order valence-corrected chi connectivity index (χ4v) is 3.48. The van der Waals surface area contributed by atoms with Gasteiger partial charge in [0, 0.05) is 23.9 Å². The molecule has 0 saturated heterocycles. The van der Waals surface area contributed by atoms with Gasteiger partial charge in [0.25, 0.3) is 5.82 Å². The minimum atomic E-state index is -4.64. The van der Waals surface area contributed by atoms with Gasteiger partial charge in [0.2, 0.25) is 5.88 Å². The standard InChI is InChI=1S/C19H21F3N6O/c1-11-12(2)16-25-26-18(19(20,21)22)28(16)27-15(11)24-10-13-6-5-9-23-17(13)29-14-7-3-4-8-14/h5-6,9,14H,3-4,7-8,10H2,1-2H3,(H,24,27). The number of fused-ring (bicyclic) bond motifs is 1. The average Bonchev–Trinajstić information content (AvgIpc) is 3.34. The van der Waals surface area contributed by atoms with Gasteiger partial charge in [-0.3, -0.25) is 0 Å². The molecule has 10 heteroatoms. The van der Waals surface area contributed by atoms with Gasteiger partial charge in [-0.1, -0.05) is 6.07 Å². The molecule has 0 spiro atoms. The summed E-state index contributed by atoms with van der Waals surface area (Å²) in [5, 5.41) is 14.1. The Balaban J connectivity index is 1.61. The van der Waals surface area contributed by atoms with Crippen molar-refractivity contribution in [3.63, 3.8) is 0 Å². The van der Waals surface area contributed by atoms with E-state index in [1.54, 1.807) is 26.1 Å². The first-order chi connectivity index (χ1) is 13.8. The molecule has 0 radical (unpaired) electrons. The average molecular weight is 406 g/mol. The second-order valence-electron chi connectivity index (χ2n) is 7.20. The van der Waals surface area contributed by atoms with E-state index in [-0.39, 0.29) is 11.8 Å². The number of ether oxygens (including phenoxy) is 1. The molecule has 7 nitrogen and oxygen atoms in total. The number of aryl methyl sites for hydroxylation is 1. The second-order valence-corrected chi connectivity index (χ2v) is 7.20. The highest BCUT2D eigenvalue weighted by atomic mass is 19.4. The van der Waals surface area contributed by atoms with Crippen molar-refractivity contribution in [1.29, 1.82) is 0 Å². The summed E-state index contributed by atoms with van der Waals surface area (Å²) in [6.07, 6.45) is 1.49. The predicted octanol–water partition coefficient (Wildman–Crippen LogP) is 4.09. The van der Waals surface area contributed by atoms with Crippen molar-refractivity contribution < 1.29 is 17.9 Å². The number of anilines is 1. The van der Waals surface area contributed by atoms with Crippen LogP contribution in [-0.4, -0.2) is 30.9 Å². The minimum Gasteiger partial charge on any atom is -0.474 e. The van der Waals surface area contributed by atoms with Crippen LogP contribution in [0.2, 0.25) is 0 Å². The predicted molar refractivity (Wildman–Crippen MR) is 99.7 cm³/mol. The van der Waals surface area contributed by atoms with Gasteiger partial charge >= 0.3 is 6.18 Å². The van der Waals surface area contributed by atoms with Crippen LogP contribution in [0.25, 0.3) is 5.65 Å². The zero-order valence-electron chi connectivity index (χ0n) is 16.1. The third kappa shape index (κ3) is 3.83. The maximum atomic E-state index is 13.2. The van der Waals surface area contributed by atoms with Crippen LogP contribution in [-0.2, 0) is 12.7 Å². The highest BCUT2D eigenvalue weighted by Gasteiger charge is 2.38. The first kappa shape index (κ1) is 19.4. The van der Waals surface area contributed by atoms with Crippen LogP contribution >= 0.6 is 0 Å². The van der Waals surface area contributed by atoms with E-state index in [1.165, 1.54) is 0 Å². The number of halogens is 3. The molecule has 154 valence electrons. The number of rotatable bonds is 5. The summed E-state index contributed by atoms with van der Waals surface area (Å²) >= 11 is 0. The Hall–Kier alpha value is -2.91. The molecule has 0 aromatic carbocycles. The molecule has 0 bridgehead atoms. The Bertz CT molecular complexity index is 1030. The summed E-state index contributed by atoms with van der Waals surface area (Å²) in [4.78, 5) is 4.33. The van der Waals surface area contributed by atoms with Gasteiger partial charge < -0.3 is 10.1 Å². The summed E-state index contributed by atoms with van der Waals surface area (Å²) in [5.74, 6) is -0.274. The van der Waals surface area contributed by atoms with Crippen molar-refractivity contribution in [2.24, 2.45) is 0 Å². The van der Waals surface area contributed by atoms with E-state index in [0.717, 1.165) is 35.8 Å². The zero-order chi connectivity index (χ0) is 20.6. The van der Waals surface area contributed by atoms with Crippen molar-refractivity contribution in [3.8, 4) is 5.88 Å². The van der Waals surface area contributed by atoms with Crippen molar-refractivity contribution in [2.45, 2.75) is 58.4 Å². The Morgan fingerprint density at radius 1 is 1.17 bits per heavy atom. The van der Waals surface area contributed by atoms with E-state index in [2.05, 4.69) is 25.6 Å². The molecule has 3 aromatic heterocycles. The lowest BCUT2D eigenvalue weighted by molar-refractivity contribution is -0.146. The van der Waals surface area contributed by atoms with E-state index in [0.29, 0.717) is 29.4 Å². The molecule has 0 unspecified atom stereocenters. The quantitative estimate of drug-likeness (QED) is 0.688. The van der Waals surface area contributed by atoms with Gasteiger partial charge in [-0.25, -0.2) is 4.98 Å². The van der Waals surface area contributed by atoms with Crippen LogP contribution in [0.15, 0.2) is 18.3 Å². The Labute approximate surface area is 165 Å². The Morgan fingerprint density at radius 3 is 2.66 bits per heavy atom. The van der Waals surface area contributed by atoms with E-state index < -0.39 is 12.0 Å². The monoisotopic (exact) mass is 406 g/mol. The number of aromatic nitrogens is 5. The molecule has 1 fully saturated rings. The number of hydrogen-bond acceptors (Lipinski definition) is 6. The van der Waals surface area contributed by atoms with E-state index >= 15 is 0 Å². The van der Waals surface area contributed by atoms with Crippen LogP contribution in [0, 0.1) is 13.8 Å². The molecular weight excluding hydrogens is 385 g/mol. The smallest absolute Gasteiger partial charge is 0.453 e. The first-order valence-corrected chi connectivity index (χ1v) is 9.49. The maximum Gasteiger partial charge on any atom is 0.453 e. The zero-order valence-corrected chi connectivity index (χ0v) is 16.1. The molecule has 0 aliphatic heterocycles. The Morgan fingerprint density at radius 2 is 1.93 bits per heavy atom. The number of hydrogen-bond donors (Lipinski definition) is 1. The fraction of sp³-hybridized carbons (Fsp3) is 0.474. The molecule has 4 rings (SSSR count). The molecule has 0 atom stereocenters. The van der Waals surface area contributed by atoms with Crippen molar-refractivity contribution in [1.82, 2.24) is 24.8 Å². The molecule has 1 saturated carbocycles. The van der Waals surface area contributed by atoms with Crippen LogP contribution < -0.4 is 10.1 Å². The first-order valence-electron chi connectivity index (χ1n) is 9.49. The molecule has 3 aromatic rings. The van der Waals surface area contributed by atoms with Gasteiger partial charge in [0.15, 0.2) is 11.5 Å². The van der Waals surface area contributed by atoms with Crippen molar-refractivity contribution in [3.05, 3.63) is 40.8 Å². The van der Waals surface area contributed by atoms with Crippen LogP contribution in [0.1, 0.15) is 48.2 Å². The third-order valence-electron chi connectivity index (χ3n) is 5.22. The summed E-state index contributed by atoms with van der Waals surface area (Å²) in [7, 11) is 0. The summed E-state index contributed by atoms with van der Waals surface area (Å²) < 4.78 is 46.4. The van der Waals surface area contributed by atoms with Gasteiger partial charge in [-0.2, -0.15) is 17.7 Å². The molecule has 1 N–H and O–H groups in total. The lowest BCUT2D eigenvalue weighted by Crippen LogP contribution is -2.16. The number of alkyl halides is 3. The lowest BCUT2D eigenvalue weighted by atomic mass is 10.2. The highest BCUT2D eigenvalue weighted by Crippen LogP contribution is 2.30. The molecule has 3 heterocycles. The fourth-order valence-electron chi connectivity index (χ4n) is 3.48. The van der Waals surface area contributed by atoms with Gasteiger partial charge in [0.1, 0.15) is 6.10 Å². The topological polar surface area (TPSA) is 77.2 Å². The molecule has 0 amide bonds. The van der Waals surface area contributed by atoms with Gasteiger partial charge in [0.05, 0.1) is 0 Å². The minimum absolute atomic E-state index is 0.0898. The van der Waals surface area contributed by atoms with E-state index in [4.69, 9.17) is 4.74 Å². The molecule has 29 heavy (non-hydrogen) atoms. The molecule has 1 aliphatic rings. The SMILES string of the molecule is Cc1c(NCc2cccnc2OC2CCCC2)nn2c(C(F)(F)F)nnc2c1C. The summed E-state index contributed by atoms with van der Waals surface area (Å²) in [6.45, 7) is 3.80. The normalized spacial score (nSPS) is 15.2. The van der Waals surface area contributed by atoms with Gasteiger partial charge in [-0.15, -0.1) is 15.3 Å². The van der Waals surface area contributed by atoms with Crippen LogP contribution in [0.5, 0.6) is 5.88 Å². The maximum absolute atomic E-state index is 13.2. The third-order valence-corrected chi connectivity index (χ3v) is 5.22. The largest absolute Gasteiger partial charge is 0.474 e. The van der Waals surface area contributed by atoms with Crippen molar-refractivity contribution in [2.75, 3.05) is 5.32 Å². The van der Waals surface area contributed by atoms with E-state index in [9.17, 15) is 13.2 Å². The van der Waals surface area contributed by atoms with E-state index in [1.807, 2.05) is 6.07 Å². The van der Waals surface area contributed by atoms with Crippen LogP contribution in [0.3, 0.4) is 0 Å². The number of pyridine rings is 1. The van der Waals surface area contributed by atoms with Gasteiger partial charge in [-0.05, 0) is 51.2 Å². The second kappa shape index (κ2) is 7.49. The number of nitrogens with one attached hydrogen (secondary N) is 1. The molecular formula is C19H21F3N6O. The molecule has 1 aliphatic carbocycles. The Kier molecular flexibility index (Phi) is 5.01. The summed E-state index contributed by atoms with van der Waals surface area (Å²) in [6, 6.07) is 3.68. The highest BCUT2D eigenvalue weighted by molar-refractivity contribution is 5.58. The van der Waals surface area contributed by atoms with Crippen molar-refractivity contribution >= 4 is 11.5 Å². The van der Waals surface area contributed by atoms with Crippen LogP contribution in [0.4, 0.5) is 19.0 Å². The summed E-state index contributed by atoms with van der Waals surface area (Å²) in [5.41, 5.74) is 2.20. The lowest BCUT2D eigenvalue weighted by Gasteiger charge is -2.16.